The number of aromatic nitrogens is 9. The van der Waals surface area contributed by atoms with Gasteiger partial charge in [0.15, 0.2) is 0 Å². The van der Waals surface area contributed by atoms with Gasteiger partial charge in [-0.3, -0.25) is 20.2 Å². The van der Waals surface area contributed by atoms with E-state index in [1.807, 2.05) is 73.6 Å². The summed E-state index contributed by atoms with van der Waals surface area (Å²) in [6, 6.07) is 30.0. The van der Waals surface area contributed by atoms with E-state index < -0.39 is 67.0 Å². The zero-order valence-corrected chi connectivity index (χ0v) is 54.4. The van der Waals surface area contributed by atoms with Crippen LogP contribution < -0.4 is 30.2 Å². The molecule has 96 heavy (non-hydrogen) atoms. The molecule has 30 heteroatoms. The molecule has 0 amide bonds. The number of nitrogens with zero attached hydrogens (tertiary/aromatic N) is 12. The summed E-state index contributed by atoms with van der Waals surface area (Å²) in [4.78, 5) is 46.0. The van der Waals surface area contributed by atoms with Gasteiger partial charge in [-0.1, -0.05) is 35.9 Å². The number of fused-ring (bicyclic) bond motifs is 3. The van der Waals surface area contributed by atoms with E-state index in [1.54, 1.807) is 48.5 Å². The van der Waals surface area contributed by atoms with Crippen molar-refractivity contribution in [2.45, 2.75) is 72.0 Å². The Morgan fingerprint density at radius 2 is 0.979 bits per heavy atom. The van der Waals surface area contributed by atoms with Crippen molar-refractivity contribution in [2.75, 3.05) is 11.5 Å². The molecule has 0 aliphatic rings. The monoisotopic (exact) mass is 1400 g/mol. The van der Waals surface area contributed by atoms with Crippen molar-refractivity contribution < 1.29 is 54.8 Å². The molecule has 6 heterocycles. The van der Waals surface area contributed by atoms with Crippen molar-refractivity contribution in [2.24, 2.45) is 0 Å². The molecule has 1 atom stereocenters. The molecule has 6 aromatic heterocycles. The number of alkyl halides is 6. The van der Waals surface area contributed by atoms with Crippen LogP contribution in [0.1, 0.15) is 76.4 Å². The van der Waals surface area contributed by atoms with Crippen molar-refractivity contribution in [3.8, 4) is 73.9 Å². The normalized spacial score (nSPS) is 11.6. The molecular weight excluding hydrogens is 1340 g/mol. The summed E-state index contributed by atoms with van der Waals surface area (Å²) in [7, 11) is 0. The van der Waals surface area contributed by atoms with E-state index in [4.69, 9.17) is 42.5 Å². The standard InChI is InChI=1S/C22H18AsF3N4O3.C22H17ClF3N5O3.C22H18FN5O/c1-12(2)29-10-16(19-20(23)27-11-28-21(19)29)13-3-6-15(7-4-13)33-18-8-5-14(30(31)32)9-17(18)22(24,25)26;1-11(2)30-9-15(18-20(27)28-10-29-21(18)30)12-3-5-14(6-4-12)34-19-16(23)7-13(22(24,25)26)8-17(19)31(32)33;1-13(2)28-11-18(20-21(25)26-12-27-22(20)28)14-3-6-17(7-4-14)29-19-8-5-16(23)9-15(19)10-24/h3-12H,23H2,1-2H3;3-11H,1-2H3,(H2,27,28,29);3-9,11-13H,1-2H3,(H2,25,26,27). The van der Waals surface area contributed by atoms with Crippen molar-refractivity contribution in [1.82, 2.24) is 43.6 Å². The van der Waals surface area contributed by atoms with Crippen LogP contribution in [0.25, 0.3) is 66.5 Å². The summed E-state index contributed by atoms with van der Waals surface area (Å²) in [5, 5.41) is 33.3. The molecule has 0 aliphatic carbocycles. The molecule has 12 aromatic rings. The number of nitrogens with two attached hydrogens (primary N) is 2. The molecule has 1 unspecified atom stereocenters. The molecule has 0 saturated heterocycles. The van der Waals surface area contributed by atoms with Crippen molar-refractivity contribution >= 4 is 89.0 Å². The zero-order chi connectivity index (χ0) is 69.2. The van der Waals surface area contributed by atoms with Crippen LogP contribution in [0.2, 0.25) is 5.02 Å². The number of anilines is 2. The third-order valence-corrected chi connectivity index (χ3v) is 16.0. The number of rotatable bonds is 14. The predicted octanol–water partition coefficient (Wildman–Crippen LogP) is 16.4. The topological polar surface area (TPSA) is 282 Å². The number of nitro groups is 2. The molecule has 0 aliphatic heterocycles. The van der Waals surface area contributed by atoms with Gasteiger partial charge < -0.3 is 30.1 Å². The first-order valence-corrected chi connectivity index (χ1v) is 30.4. The summed E-state index contributed by atoms with van der Waals surface area (Å²) < 4.78 is 116. The molecule has 12 rings (SSSR count). The molecule has 490 valence electrons. The molecule has 0 bridgehead atoms. The SMILES string of the molecule is CC(C)n1cc(-c2ccc(Oc3c(Cl)cc(C(F)(F)F)cc3[N+](=O)[O-])cc2)c2c(N)ncnc21.CC(C)n1cc(-c2ccc(Oc3ccc(F)cc3C#N)cc2)c2c(N)ncnc21.CC(C)n1cc(-c2ccc(Oc3ccc([N+](=O)[O-])cc3C(F)(F)F)cc2)c2c([AsH2])ncnc21. The quantitative estimate of drug-likeness (QED) is 0.0443. The number of hydrogen-bond acceptors (Lipinski definition) is 16. The molecule has 0 spiro atoms. The maximum atomic E-state index is 13.4. The van der Waals surface area contributed by atoms with E-state index >= 15 is 0 Å². The van der Waals surface area contributed by atoms with E-state index in [2.05, 4.69) is 48.3 Å². The molecule has 0 radical (unpaired) electrons. The van der Waals surface area contributed by atoms with Gasteiger partial charge in [-0.05, 0) is 87.4 Å². The van der Waals surface area contributed by atoms with Crippen LogP contribution in [-0.4, -0.2) is 70.3 Å². The van der Waals surface area contributed by atoms with Gasteiger partial charge in [0.2, 0.25) is 5.75 Å². The number of nitrogen functional groups attached to an aromatic ring is 2. The minimum atomic E-state index is -4.81. The number of nitro benzene ring substituents is 2. The first kappa shape index (κ1) is 67.7. The van der Waals surface area contributed by atoms with E-state index in [9.17, 15) is 51.0 Å². The van der Waals surface area contributed by atoms with E-state index in [1.165, 1.54) is 60.1 Å². The van der Waals surface area contributed by atoms with E-state index in [0.717, 1.165) is 78.1 Å². The van der Waals surface area contributed by atoms with Gasteiger partial charge in [-0.2, -0.15) is 18.4 Å². The number of benzene rings is 6. The van der Waals surface area contributed by atoms with Crippen LogP contribution in [0.5, 0.6) is 34.5 Å². The molecule has 21 nitrogen and oxygen atoms in total. The van der Waals surface area contributed by atoms with Gasteiger partial charge in [-0.15, -0.1) is 0 Å². The third-order valence-electron chi connectivity index (χ3n) is 14.8. The fourth-order valence-electron chi connectivity index (χ4n) is 10.2. The van der Waals surface area contributed by atoms with Crippen molar-refractivity contribution in [1.29, 1.82) is 5.26 Å². The minimum absolute atomic E-state index is 0.107. The Kier molecular flexibility index (Phi) is 19.3. The Hall–Kier alpha value is -11.2. The van der Waals surface area contributed by atoms with Gasteiger partial charge in [-0.25, -0.2) is 24.3 Å². The molecule has 6 aromatic carbocycles. The molecule has 0 saturated carbocycles. The Labute approximate surface area is 554 Å². The van der Waals surface area contributed by atoms with E-state index in [-0.39, 0.29) is 35.2 Å². The zero-order valence-electron chi connectivity index (χ0n) is 51.2. The number of halogens is 8. The Morgan fingerprint density at radius 1 is 0.552 bits per heavy atom. The summed E-state index contributed by atoms with van der Waals surface area (Å²) in [5.41, 5.74) is 15.8. The summed E-state index contributed by atoms with van der Waals surface area (Å²) in [6.45, 7) is 12.2. The van der Waals surface area contributed by atoms with Crippen LogP contribution in [-0.2, 0) is 12.4 Å². The van der Waals surface area contributed by atoms with Crippen molar-refractivity contribution in [3.05, 3.63) is 207 Å². The Bertz CT molecular complexity index is 4980. The van der Waals surface area contributed by atoms with Crippen molar-refractivity contribution in [3.63, 3.8) is 0 Å². The summed E-state index contributed by atoms with van der Waals surface area (Å²) >= 11 is 7.28. The third kappa shape index (κ3) is 14.3. The van der Waals surface area contributed by atoms with Gasteiger partial charge in [0, 0.05) is 41.7 Å². The van der Waals surface area contributed by atoms with Crippen LogP contribution in [0.3, 0.4) is 0 Å². The average Bonchev–Trinajstić information content (AvgIpc) is 1.64. The second-order valence-corrected chi connectivity index (χ2v) is 23.7. The molecule has 4 N–H and O–H groups in total. The number of non-ortho nitro benzene ring substituents is 1. The summed E-state index contributed by atoms with van der Waals surface area (Å²) in [6.07, 6.45) is 0.680. The van der Waals surface area contributed by atoms with Crippen LogP contribution >= 0.6 is 11.6 Å². The Morgan fingerprint density at radius 3 is 1.41 bits per heavy atom. The maximum absolute atomic E-state index is 13.4. The van der Waals surface area contributed by atoms with Gasteiger partial charge in [0.05, 0.1) is 36.8 Å². The van der Waals surface area contributed by atoms with Gasteiger partial charge in [0.1, 0.15) is 64.7 Å². The number of hydrogen-bond donors (Lipinski definition) is 2. The Balaban J connectivity index is 0.000000157. The second kappa shape index (κ2) is 27.4. The number of nitriles is 1. The fraction of sp³-hybridized carbons (Fsp3) is 0.167. The molecule has 0 fully saturated rings. The molecular formula is C66H53AsClF7N14O7. The fourth-order valence-corrected chi connectivity index (χ4v) is 11.2. The van der Waals surface area contributed by atoms with Crippen LogP contribution in [0.15, 0.2) is 159 Å². The first-order chi connectivity index (χ1) is 45.5. The number of ether oxygens (including phenoxy) is 3. The average molecular weight is 1400 g/mol. The summed E-state index contributed by atoms with van der Waals surface area (Å²) in [5.74, 6) is 0.412. The van der Waals surface area contributed by atoms with Crippen LogP contribution in [0, 0.1) is 37.4 Å². The van der Waals surface area contributed by atoms with Crippen LogP contribution in [0.4, 0.5) is 53.7 Å². The van der Waals surface area contributed by atoms with E-state index in [0.29, 0.717) is 52.4 Å². The first-order valence-electron chi connectivity index (χ1n) is 28.8. The predicted molar refractivity (Wildman–Crippen MR) is 350 cm³/mol. The van der Waals surface area contributed by atoms with Gasteiger partial charge in [0.25, 0.3) is 0 Å². The second-order valence-electron chi connectivity index (χ2n) is 22.1. The van der Waals surface area contributed by atoms with Gasteiger partial charge >= 0.3 is 192 Å².